The topological polar surface area (TPSA) is 38.0 Å². The smallest absolute Gasteiger partial charge is 0.0931 e. The van der Waals surface area contributed by atoms with Gasteiger partial charge in [-0.05, 0) is 18.1 Å². The van der Waals surface area contributed by atoms with Gasteiger partial charge in [0.2, 0.25) is 0 Å². The zero-order valence-corrected chi connectivity index (χ0v) is 8.75. The summed E-state index contributed by atoms with van der Waals surface area (Å²) in [6, 6.07) is 4.12. The highest BCUT2D eigenvalue weighted by Crippen LogP contribution is 2.30. The summed E-state index contributed by atoms with van der Waals surface area (Å²) >= 11 is 7.39. The molecule has 0 amide bonds. The minimum Gasteiger partial charge on any atom is -0.271 e. The van der Waals surface area contributed by atoms with Crippen LogP contribution >= 0.6 is 22.9 Å². The van der Waals surface area contributed by atoms with Gasteiger partial charge in [-0.3, -0.25) is 11.3 Å². The Morgan fingerprint density at radius 1 is 1.50 bits per heavy atom. The van der Waals surface area contributed by atoms with E-state index in [1.807, 2.05) is 12.1 Å². The molecule has 0 spiro atoms. The fourth-order valence-electron chi connectivity index (χ4n) is 1.10. The van der Waals surface area contributed by atoms with Crippen LogP contribution in [0.15, 0.2) is 12.1 Å². The van der Waals surface area contributed by atoms with Gasteiger partial charge in [0.1, 0.15) is 0 Å². The Morgan fingerprint density at radius 2 is 2.17 bits per heavy atom. The average Bonchev–Trinajstić information content (AvgIpc) is 2.37. The quantitative estimate of drug-likeness (QED) is 0.587. The van der Waals surface area contributed by atoms with Crippen LogP contribution in [0.2, 0.25) is 4.34 Å². The van der Waals surface area contributed by atoms with Crippen LogP contribution in [0.1, 0.15) is 24.8 Å². The fourth-order valence-corrected chi connectivity index (χ4v) is 2.39. The molecule has 1 atom stereocenters. The Labute approximate surface area is 81.7 Å². The molecule has 4 heteroatoms. The van der Waals surface area contributed by atoms with E-state index in [0.717, 1.165) is 4.34 Å². The van der Waals surface area contributed by atoms with E-state index in [2.05, 4.69) is 19.3 Å². The molecule has 0 saturated carbocycles. The number of hydrogen-bond donors (Lipinski definition) is 2. The van der Waals surface area contributed by atoms with Crippen molar-refractivity contribution in [3.05, 3.63) is 21.3 Å². The van der Waals surface area contributed by atoms with Crippen molar-refractivity contribution < 1.29 is 0 Å². The number of nitrogens with one attached hydrogen (secondary N) is 1. The molecule has 1 rings (SSSR count). The van der Waals surface area contributed by atoms with Gasteiger partial charge in [-0.2, -0.15) is 0 Å². The normalized spacial score (nSPS) is 13.8. The molecule has 1 heterocycles. The van der Waals surface area contributed by atoms with E-state index < -0.39 is 0 Å². The van der Waals surface area contributed by atoms with Crippen LogP contribution in [-0.4, -0.2) is 0 Å². The van der Waals surface area contributed by atoms with Gasteiger partial charge >= 0.3 is 0 Å². The third-order valence-corrected chi connectivity index (χ3v) is 3.06. The maximum absolute atomic E-state index is 5.82. The Kier molecular flexibility index (Phi) is 3.53. The first-order chi connectivity index (χ1) is 5.65. The largest absolute Gasteiger partial charge is 0.271 e. The Balaban J connectivity index is 2.80. The predicted octanol–water partition coefficient (Wildman–Crippen LogP) is 2.56. The summed E-state index contributed by atoms with van der Waals surface area (Å²) in [5.74, 6) is 5.91. The monoisotopic (exact) mass is 204 g/mol. The van der Waals surface area contributed by atoms with Crippen molar-refractivity contribution in [1.29, 1.82) is 0 Å². The van der Waals surface area contributed by atoms with Crippen LogP contribution < -0.4 is 11.3 Å². The SMILES string of the molecule is CC(C)C(NN)c1ccc(Cl)s1. The zero-order chi connectivity index (χ0) is 9.14. The van der Waals surface area contributed by atoms with E-state index in [-0.39, 0.29) is 6.04 Å². The van der Waals surface area contributed by atoms with Gasteiger partial charge in [0, 0.05) is 4.88 Å². The fraction of sp³-hybridized carbons (Fsp3) is 0.500. The van der Waals surface area contributed by atoms with E-state index in [9.17, 15) is 0 Å². The van der Waals surface area contributed by atoms with Crippen LogP contribution in [0.5, 0.6) is 0 Å². The van der Waals surface area contributed by atoms with Crippen LogP contribution in [0, 0.1) is 5.92 Å². The van der Waals surface area contributed by atoms with Crippen LogP contribution in [0.3, 0.4) is 0 Å². The Hall–Kier alpha value is -0.0900. The van der Waals surface area contributed by atoms with Crippen molar-refractivity contribution in [3.63, 3.8) is 0 Å². The summed E-state index contributed by atoms with van der Waals surface area (Å²) in [5.41, 5.74) is 2.78. The average molecular weight is 205 g/mol. The van der Waals surface area contributed by atoms with Gasteiger partial charge in [0.15, 0.2) is 0 Å². The number of thiophene rings is 1. The van der Waals surface area contributed by atoms with E-state index in [4.69, 9.17) is 17.4 Å². The maximum Gasteiger partial charge on any atom is 0.0931 e. The van der Waals surface area contributed by atoms with Gasteiger partial charge in [-0.15, -0.1) is 11.3 Å². The second-order valence-corrected chi connectivity index (χ2v) is 4.78. The second-order valence-electron chi connectivity index (χ2n) is 3.03. The second kappa shape index (κ2) is 4.23. The lowest BCUT2D eigenvalue weighted by molar-refractivity contribution is 0.427. The number of rotatable bonds is 3. The van der Waals surface area contributed by atoms with Crippen molar-refractivity contribution in [2.45, 2.75) is 19.9 Å². The minimum atomic E-state index is 0.211. The van der Waals surface area contributed by atoms with Crippen molar-refractivity contribution in [3.8, 4) is 0 Å². The van der Waals surface area contributed by atoms with E-state index in [1.165, 1.54) is 4.88 Å². The highest BCUT2D eigenvalue weighted by atomic mass is 35.5. The lowest BCUT2D eigenvalue weighted by Crippen LogP contribution is -2.30. The third-order valence-electron chi connectivity index (χ3n) is 1.75. The maximum atomic E-state index is 5.82. The Morgan fingerprint density at radius 3 is 2.50 bits per heavy atom. The molecule has 0 bridgehead atoms. The number of halogens is 1. The summed E-state index contributed by atoms with van der Waals surface area (Å²) in [6.07, 6.45) is 0. The molecule has 1 aromatic rings. The summed E-state index contributed by atoms with van der Waals surface area (Å²) in [6.45, 7) is 4.25. The van der Waals surface area contributed by atoms with Crippen LogP contribution in [0.4, 0.5) is 0 Å². The van der Waals surface area contributed by atoms with E-state index in [0.29, 0.717) is 5.92 Å². The molecule has 0 aliphatic heterocycles. The molecule has 0 fully saturated rings. The summed E-state index contributed by atoms with van der Waals surface area (Å²) in [4.78, 5) is 1.19. The van der Waals surface area contributed by atoms with E-state index in [1.54, 1.807) is 11.3 Å². The first-order valence-electron chi connectivity index (χ1n) is 3.86. The highest BCUT2D eigenvalue weighted by Gasteiger charge is 2.15. The van der Waals surface area contributed by atoms with Crippen molar-refractivity contribution >= 4 is 22.9 Å². The molecule has 12 heavy (non-hydrogen) atoms. The first-order valence-corrected chi connectivity index (χ1v) is 5.06. The molecule has 0 aliphatic rings. The van der Waals surface area contributed by atoms with Gasteiger partial charge in [0.25, 0.3) is 0 Å². The van der Waals surface area contributed by atoms with Crippen LogP contribution in [0.25, 0.3) is 0 Å². The minimum absolute atomic E-state index is 0.211. The van der Waals surface area contributed by atoms with E-state index >= 15 is 0 Å². The van der Waals surface area contributed by atoms with Crippen molar-refractivity contribution in [1.82, 2.24) is 5.43 Å². The molecule has 1 unspecified atom stereocenters. The van der Waals surface area contributed by atoms with Crippen LogP contribution in [-0.2, 0) is 0 Å². The molecule has 1 aromatic heterocycles. The lowest BCUT2D eigenvalue weighted by Gasteiger charge is -2.17. The number of hydrogen-bond acceptors (Lipinski definition) is 3. The summed E-state index contributed by atoms with van der Waals surface area (Å²) in [5, 5.41) is 0. The van der Waals surface area contributed by atoms with Gasteiger partial charge in [-0.1, -0.05) is 25.4 Å². The third kappa shape index (κ3) is 2.20. The summed E-state index contributed by atoms with van der Waals surface area (Å²) in [7, 11) is 0. The van der Waals surface area contributed by atoms with Crippen molar-refractivity contribution in [2.24, 2.45) is 11.8 Å². The molecule has 0 aromatic carbocycles. The predicted molar refractivity (Wildman–Crippen MR) is 54.2 cm³/mol. The molecule has 3 N–H and O–H groups in total. The number of hydrazine groups is 1. The van der Waals surface area contributed by atoms with Crippen molar-refractivity contribution in [2.75, 3.05) is 0 Å². The number of nitrogens with two attached hydrogens (primary N) is 1. The molecular formula is C8H13ClN2S. The Bertz CT molecular complexity index is 247. The zero-order valence-electron chi connectivity index (χ0n) is 7.17. The molecule has 2 nitrogen and oxygen atoms in total. The molecule has 68 valence electrons. The van der Waals surface area contributed by atoms with Gasteiger partial charge in [-0.25, -0.2) is 0 Å². The summed E-state index contributed by atoms with van der Waals surface area (Å²) < 4.78 is 0.811. The standard InChI is InChI=1S/C8H13ClN2S/c1-5(2)8(11-10)6-3-4-7(9)12-6/h3-5,8,11H,10H2,1-2H3. The molecule has 0 aliphatic carbocycles. The van der Waals surface area contributed by atoms with Gasteiger partial charge in [0.05, 0.1) is 10.4 Å². The molecule has 0 radical (unpaired) electrons. The molecular weight excluding hydrogens is 192 g/mol. The molecule has 0 saturated heterocycles. The first kappa shape index (κ1) is 9.99. The van der Waals surface area contributed by atoms with Gasteiger partial charge < -0.3 is 0 Å². The highest BCUT2D eigenvalue weighted by molar-refractivity contribution is 7.16. The lowest BCUT2D eigenvalue weighted by atomic mass is 10.0.